The molecule has 2 rings (SSSR count). The van der Waals surface area contributed by atoms with Gasteiger partial charge < -0.3 is 5.11 Å². The number of carbonyl (C=O) groups is 1. The number of carboxylic acid groups (broad SMARTS) is 1. The van der Waals surface area contributed by atoms with Crippen LogP contribution in [0.2, 0.25) is 0 Å². The molecule has 0 aliphatic heterocycles. The summed E-state index contributed by atoms with van der Waals surface area (Å²) in [5.74, 6) is -0.667. The molecule has 2 aliphatic rings. The smallest absolute Gasteiger partial charge is 0.304 e. The Bertz CT molecular complexity index is 329. The largest absolute Gasteiger partial charge is 0.481 e. The van der Waals surface area contributed by atoms with E-state index in [1.165, 1.54) is 32.1 Å². The molecule has 0 unspecified atom stereocenters. The summed E-state index contributed by atoms with van der Waals surface area (Å²) in [5, 5.41) is 8.94. The molecule has 2 fully saturated rings. The van der Waals surface area contributed by atoms with E-state index in [2.05, 4.69) is 32.6 Å². The second-order valence-corrected chi connectivity index (χ2v) is 8.18. The highest BCUT2D eigenvalue weighted by atomic mass is 16.4. The summed E-state index contributed by atoms with van der Waals surface area (Å²) >= 11 is 0. The maximum absolute atomic E-state index is 10.9. The summed E-state index contributed by atoms with van der Waals surface area (Å²) in [4.78, 5) is 13.4. The third-order valence-electron chi connectivity index (χ3n) is 4.60. The van der Waals surface area contributed by atoms with Gasteiger partial charge in [-0.25, -0.2) is 0 Å². The molecule has 19 heavy (non-hydrogen) atoms. The summed E-state index contributed by atoms with van der Waals surface area (Å²) in [6.07, 6.45) is 6.51. The van der Waals surface area contributed by atoms with Crippen LogP contribution >= 0.6 is 0 Å². The van der Waals surface area contributed by atoms with Crippen molar-refractivity contribution in [1.82, 2.24) is 4.90 Å². The summed E-state index contributed by atoms with van der Waals surface area (Å²) < 4.78 is 0. The summed E-state index contributed by atoms with van der Waals surface area (Å²) in [6.45, 7) is 10.2. The highest BCUT2D eigenvalue weighted by Crippen LogP contribution is 2.48. The molecule has 2 aliphatic carbocycles. The molecule has 110 valence electrons. The van der Waals surface area contributed by atoms with Crippen molar-refractivity contribution in [3.63, 3.8) is 0 Å². The molecule has 3 nitrogen and oxygen atoms in total. The van der Waals surface area contributed by atoms with Crippen LogP contribution in [0.15, 0.2) is 0 Å². The molecule has 0 heterocycles. The maximum atomic E-state index is 10.9. The van der Waals surface area contributed by atoms with Crippen molar-refractivity contribution in [2.24, 2.45) is 10.8 Å². The van der Waals surface area contributed by atoms with Crippen LogP contribution < -0.4 is 0 Å². The highest BCUT2D eigenvalue weighted by molar-refractivity contribution is 5.66. The van der Waals surface area contributed by atoms with Gasteiger partial charge in [0, 0.05) is 18.6 Å². The van der Waals surface area contributed by atoms with Crippen LogP contribution in [0.5, 0.6) is 0 Å². The fraction of sp³-hybridized carbons (Fsp3) is 0.938. The van der Waals surface area contributed by atoms with Gasteiger partial charge in [0.05, 0.1) is 6.42 Å². The molecule has 3 heteroatoms. The second kappa shape index (κ2) is 5.08. The lowest BCUT2D eigenvalue weighted by atomic mass is 9.63. The molecule has 0 saturated heterocycles. The van der Waals surface area contributed by atoms with Crippen LogP contribution in [0.1, 0.15) is 66.2 Å². The van der Waals surface area contributed by atoms with E-state index in [1.54, 1.807) is 0 Å². The highest BCUT2D eigenvalue weighted by Gasteiger charge is 2.43. The molecule has 2 saturated carbocycles. The van der Waals surface area contributed by atoms with Gasteiger partial charge in [0.25, 0.3) is 0 Å². The minimum Gasteiger partial charge on any atom is -0.481 e. The number of hydrogen-bond acceptors (Lipinski definition) is 2. The van der Waals surface area contributed by atoms with Crippen LogP contribution in [-0.4, -0.2) is 34.6 Å². The molecular formula is C16H29NO2. The third kappa shape index (κ3) is 4.20. The van der Waals surface area contributed by atoms with Crippen molar-refractivity contribution in [2.75, 3.05) is 6.54 Å². The normalized spacial score (nSPS) is 26.6. The van der Waals surface area contributed by atoms with E-state index in [0.717, 1.165) is 6.54 Å². The van der Waals surface area contributed by atoms with E-state index in [-0.39, 0.29) is 6.42 Å². The summed E-state index contributed by atoms with van der Waals surface area (Å²) in [7, 11) is 0. The first-order valence-corrected chi connectivity index (χ1v) is 7.66. The topological polar surface area (TPSA) is 40.5 Å². The zero-order chi connectivity index (χ0) is 14.3. The zero-order valence-electron chi connectivity index (χ0n) is 12.9. The van der Waals surface area contributed by atoms with E-state index in [0.29, 0.717) is 22.9 Å². The molecule has 0 spiro atoms. The average molecular weight is 267 g/mol. The van der Waals surface area contributed by atoms with E-state index in [9.17, 15) is 4.79 Å². The minimum absolute atomic E-state index is 0.286. The maximum Gasteiger partial charge on any atom is 0.304 e. The molecule has 0 atom stereocenters. The van der Waals surface area contributed by atoms with Gasteiger partial charge in [-0.2, -0.15) is 0 Å². The fourth-order valence-corrected chi connectivity index (χ4v) is 4.32. The fourth-order valence-electron chi connectivity index (χ4n) is 4.32. The first-order chi connectivity index (χ1) is 8.69. The molecule has 0 bridgehead atoms. The minimum atomic E-state index is -0.667. The third-order valence-corrected chi connectivity index (χ3v) is 4.60. The van der Waals surface area contributed by atoms with Crippen LogP contribution in [-0.2, 0) is 4.79 Å². The van der Waals surface area contributed by atoms with Crippen LogP contribution in [0, 0.1) is 10.8 Å². The standard InChI is InChI=1S/C16H29NO2/c1-15(2)9-13(10-16(3,4)11-15)17(12-5-6-12)8-7-14(18)19/h12-13H,5-11H2,1-4H3,(H,18,19). The monoisotopic (exact) mass is 267 g/mol. The number of carboxylic acids is 1. The Labute approximate surface area is 117 Å². The Morgan fingerprint density at radius 1 is 1.11 bits per heavy atom. The summed E-state index contributed by atoms with van der Waals surface area (Å²) in [6, 6.07) is 1.24. The Morgan fingerprint density at radius 3 is 2.05 bits per heavy atom. The molecule has 0 aromatic heterocycles. The Kier molecular flexibility index (Phi) is 3.97. The van der Waals surface area contributed by atoms with E-state index >= 15 is 0 Å². The first kappa shape index (κ1) is 14.8. The van der Waals surface area contributed by atoms with Crippen molar-refractivity contribution >= 4 is 5.97 Å². The van der Waals surface area contributed by atoms with E-state index < -0.39 is 5.97 Å². The predicted octanol–water partition coefficient (Wildman–Crippen LogP) is 3.53. The average Bonchev–Trinajstić information content (AvgIpc) is 2.96. The molecule has 0 amide bonds. The lowest BCUT2D eigenvalue weighted by molar-refractivity contribution is -0.137. The van der Waals surface area contributed by atoms with Crippen molar-refractivity contribution in [2.45, 2.75) is 78.3 Å². The second-order valence-electron chi connectivity index (χ2n) is 8.18. The van der Waals surface area contributed by atoms with Crippen molar-refractivity contribution in [3.8, 4) is 0 Å². The zero-order valence-corrected chi connectivity index (χ0v) is 12.9. The Hall–Kier alpha value is -0.570. The van der Waals surface area contributed by atoms with Gasteiger partial charge in [-0.1, -0.05) is 27.7 Å². The van der Waals surface area contributed by atoms with E-state index in [1.807, 2.05) is 0 Å². The van der Waals surface area contributed by atoms with Gasteiger partial charge in [-0.3, -0.25) is 9.69 Å². The van der Waals surface area contributed by atoms with Crippen molar-refractivity contribution in [1.29, 1.82) is 0 Å². The van der Waals surface area contributed by atoms with Crippen LogP contribution in [0.4, 0.5) is 0 Å². The SMILES string of the molecule is CC1(C)CC(N(CCC(=O)O)C2CC2)CC(C)(C)C1. The molecule has 0 aromatic rings. The molecule has 0 aromatic carbocycles. The van der Waals surface area contributed by atoms with Crippen molar-refractivity contribution < 1.29 is 9.90 Å². The number of hydrogen-bond donors (Lipinski definition) is 1. The van der Waals surface area contributed by atoms with Gasteiger partial charge in [-0.05, 0) is 42.9 Å². The first-order valence-electron chi connectivity index (χ1n) is 7.66. The number of nitrogens with zero attached hydrogens (tertiary/aromatic N) is 1. The van der Waals surface area contributed by atoms with Gasteiger partial charge in [0.2, 0.25) is 0 Å². The van der Waals surface area contributed by atoms with E-state index in [4.69, 9.17) is 5.11 Å². The lowest BCUT2D eigenvalue weighted by Gasteiger charge is -2.48. The van der Waals surface area contributed by atoms with Gasteiger partial charge in [-0.15, -0.1) is 0 Å². The van der Waals surface area contributed by atoms with Crippen LogP contribution in [0.25, 0.3) is 0 Å². The van der Waals surface area contributed by atoms with Gasteiger partial charge in [0.15, 0.2) is 0 Å². The predicted molar refractivity (Wildman–Crippen MR) is 77.2 cm³/mol. The summed E-state index contributed by atoms with van der Waals surface area (Å²) in [5.41, 5.74) is 0.756. The van der Waals surface area contributed by atoms with Gasteiger partial charge in [0.1, 0.15) is 0 Å². The quantitative estimate of drug-likeness (QED) is 0.828. The molecule has 0 radical (unpaired) electrons. The Morgan fingerprint density at radius 2 is 1.63 bits per heavy atom. The lowest BCUT2D eigenvalue weighted by Crippen LogP contribution is -2.47. The number of aliphatic carboxylic acids is 1. The van der Waals surface area contributed by atoms with Crippen molar-refractivity contribution in [3.05, 3.63) is 0 Å². The van der Waals surface area contributed by atoms with Crippen LogP contribution in [0.3, 0.4) is 0 Å². The number of rotatable bonds is 5. The molecular weight excluding hydrogens is 238 g/mol. The van der Waals surface area contributed by atoms with Gasteiger partial charge >= 0.3 is 5.97 Å². The Balaban J connectivity index is 2.05. The molecule has 1 N–H and O–H groups in total.